The minimum atomic E-state index is 0.266. The van der Waals surface area contributed by atoms with Crippen molar-refractivity contribution in [2.75, 3.05) is 20.1 Å². The van der Waals surface area contributed by atoms with Crippen LogP contribution in [0.3, 0.4) is 0 Å². The molecule has 4 heteroatoms. The van der Waals surface area contributed by atoms with E-state index in [1.54, 1.807) is 6.08 Å². The first-order valence-electron chi connectivity index (χ1n) is 9.45. The Morgan fingerprint density at radius 1 is 1.32 bits per heavy atom. The molecule has 4 nitrogen and oxygen atoms in total. The number of aromatic nitrogens is 1. The first kappa shape index (κ1) is 15.2. The molecule has 1 aromatic heterocycles. The van der Waals surface area contributed by atoms with Crippen LogP contribution in [-0.4, -0.2) is 41.8 Å². The predicted molar refractivity (Wildman–Crippen MR) is 99.6 cm³/mol. The summed E-state index contributed by atoms with van der Waals surface area (Å²) in [5.74, 6) is 1.50. The Bertz CT molecular complexity index is 865. The number of H-pyrrole nitrogens is 1. The van der Waals surface area contributed by atoms with Crippen LogP contribution in [0.25, 0.3) is 10.9 Å². The number of fused-ring (bicyclic) bond motifs is 2. The maximum absolute atomic E-state index is 11.4. The van der Waals surface area contributed by atoms with Gasteiger partial charge >= 0.3 is 0 Å². The standard InChI is InChI=1S/C21H25N3O/c1-24-12-13(10-22-15-5-6-16(25)9-15)7-18-17-3-2-4-19-21(17)14(11-23-19)8-20(18)24/h2-4,9,11,13,18,20,22-23H,5-8,10,12H2,1H3/t13-,18?,20+/m0/s1. The number of piperidine rings is 1. The van der Waals surface area contributed by atoms with Gasteiger partial charge in [-0.15, -0.1) is 0 Å². The van der Waals surface area contributed by atoms with Gasteiger partial charge in [-0.2, -0.15) is 0 Å². The minimum Gasteiger partial charge on any atom is -0.388 e. The Balaban J connectivity index is 1.39. The van der Waals surface area contributed by atoms with E-state index in [4.69, 9.17) is 0 Å². The van der Waals surface area contributed by atoms with E-state index in [0.717, 1.165) is 31.6 Å². The average molecular weight is 335 g/mol. The largest absolute Gasteiger partial charge is 0.388 e. The Labute approximate surface area is 148 Å². The molecule has 3 aliphatic rings. The van der Waals surface area contributed by atoms with E-state index in [-0.39, 0.29) is 5.78 Å². The molecule has 1 aliphatic heterocycles. The molecular weight excluding hydrogens is 310 g/mol. The smallest absolute Gasteiger partial charge is 0.157 e. The highest BCUT2D eigenvalue weighted by Crippen LogP contribution is 2.44. The van der Waals surface area contributed by atoms with Crippen LogP contribution in [0.2, 0.25) is 0 Å². The summed E-state index contributed by atoms with van der Waals surface area (Å²) >= 11 is 0. The highest BCUT2D eigenvalue weighted by atomic mass is 16.1. The molecule has 0 saturated carbocycles. The Kier molecular flexibility index (Phi) is 3.49. The van der Waals surface area contributed by atoms with Crippen LogP contribution in [-0.2, 0) is 11.2 Å². The first-order chi connectivity index (χ1) is 12.2. The summed E-state index contributed by atoms with van der Waals surface area (Å²) in [4.78, 5) is 17.4. The van der Waals surface area contributed by atoms with Crippen LogP contribution in [0.5, 0.6) is 0 Å². The van der Waals surface area contributed by atoms with Gasteiger partial charge in [0.2, 0.25) is 0 Å². The molecule has 3 atom stereocenters. The lowest BCUT2D eigenvalue weighted by Gasteiger charge is -2.45. The van der Waals surface area contributed by atoms with Gasteiger partial charge < -0.3 is 15.2 Å². The average Bonchev–Trinajstić information content (AvgIpc) is 3.21. The molecule has 2 aliphatic carbocycles. The molecule has 2 aromatic rings. The van der Waals surface area contributed by atoms with Crippen molar-refractivity contribution in [3.05, 3.63) is 47.3 Å². The van der Waals surface area contributed by atoms with Gasteiger partial charge in [0.15, 0.2) is 5.78 Å². The van der Waals surface area contributed by atoms with Crippen molar-refractivity contribution in [2.45, 2.75) is 37.6 Å². The summed E-state index contributed by atoms with van der Waals surface area (Å²) in [6, 6.07) is 7.32. The van der Waals surface area contributed by atoms with Crippen molar-refractivity contribution in [3.63, 3.8) is 0 Å². The molecule has 25 heavy (non-hydrogen) atoms. The normalized spacial score (nSPS) is 28.9. The van der Waals surface area contributed by atoms with Crippen LogP contribution in [0.1, 0.15) is 36.3 Å². The lowest BCUT2D eigenvalue weighted by molar-refractivity contribution is -0.114. The van der Waals surface area contributed by atoms with Crippen molar-refractivity contribution >= 4 is 16.7 Å². The molecule has 0 radical (unpaired) electrons. The van der Waals surface area contributed by atoms with Crippen LogP contribution in [0.15, 0.2) is 36.2 Å². The van der Waals surface area contributed by atoms with Crippen LogP contribution in [0.4, 0.5) is 0 Å². The molecule has 1 unspecified atom stereocenters. The molecular formula is C21H25N3O. The molecule has 0 bridgehead atoms. The number of ketones is 1. The maximum atomic E-state index is 11.4. The summed E-state index contributed by atoms with van der Waals surface area (Å²) in [5, 5.41) is 5.01. The van der Waals surface area contributed by atoms with Gasteiger partial charge in [-0.05, 0) is 49.4 Å². The number of carbonyl (C=O) groups excluding carboxylic acids is 1. The van der Waals surface area contributed by atoms with Crippen LogP contribution in [0, 0.1) is 5.92 Å². The number of nitrogens with one attached hydrogen (secondary N) is 2. The first-order valence-corrected chi connectivity index (χ1v) is 9.45. The van der Waals surface area contributed by atoms with Gasteiger partial charge in [-0.25, -0.2) is 0 Å². The van der Waals surface area contributed by atoms with Gasteiger partial charge in [0, 0.05) is 60.3 Å². The molecule has 2 N–H and O–H groups in total. The zero-order valence-corrected chi connectivity index (χ0v) is 14.7. The van der Waals surface area contributed by atoms with Gasteiger partial charge in [-0.1, -0.05) is 12.1 Å². The van der Waals surface area contributed by atoms with Gasteiger partial charge in [0.1, 0.15) is 0 Å². The number of allylic oxidation sites excluding steroid dienone is 2. The fourth-order valence-corrected chi connectivity index (χ4v) is 5.21. The molecule has 2 heterocycles. The third kappa shape index (κ3) is 2.51. The molecule has 130 valence electrons. The Morgan fingerprint density at radius 3 is 3.08 bits per heavy atom. The molecule has 1 saturated heterocycles. The molecule has 0 amide bonds. The lowest BCUT2D eigenvalue weighted by atomic mass is 9.72. The van der Waals surface area contributed by atoms with E-state index < -0.39 is 0 Å². The highest BCUT2D eigenvalue weighted by molar-refractivity contribution is 5.92. The monoisotopic (exact) mass is 335 g/mol. The summed E-state index contributed by atoms with van der Waals surface area (Å²) < 4.78 is 0. The third-order valence-electron chi connectivity index (χ3n) is 6.41. The summed E-state index contributed by atoms with van der Waals surface area (Å²) in [7, 11) is 2.28. The number of likely N-dealkylation sites (tertiary alicyclic amines) is 1. The Hall–Kier alpha value is -2.07. The molecule has 1 fully saturated rings. The maximum Gasteiger partial charge on any atom is 0.157 e. The van der Waals surface area contributed by atoms with Crippen molar-refractivity contribution in [1.29, 1.82) is 0 Å². The number of aromatic amines is 1. The van der Waals surface area contributed by atoms with Crippen LogP contribution >= 0.6 is 0 Å². The minimum absolute atomic E-state index is 0.266. The van der Waals surface area contributed by atoms with E-state index >= 15 is 0 Å². The second kappa shape index (κ2) is 5.73. The summed E-state index contributed by atoms with van der Waals surface area (Å²) in [6.45, 7) is 2.10. The number of benzene rings is 1. The quantitative estimate of drug-likeness (QED) is 0.907. The number of hydrogen-bond acceptors (Lipinski definition) is 3. The van der Waals surface area contributed by atoms with E-state index in [1.807, 2.05) is 0 Å². The topological polar surface area (TPSA) is 48.1 Å². The molecule has 5 rings (SSSR count). The number of likely N-dealkylation sites (N-methyl/N-ethyl adjacent to an activating group) is 1. The second-order valence-electron chi connectivity index (χ2n) is 8.02. The van der Waals surface area contributed by atoms with Gasteiger partial charge in [0.25, 0.3) is 0 Å². The van der Waals surface area contributed by atoms with Crippen molar-refractivity contribution in [1.82, 2.24) is 15.2 Å². The number of nitrogens with zero attached hydrogens (tertiary/aromatic N) is 1. The highest BCUT2D eigenvalue weighted by Gasteiger charge is 2.39. The molecule has 0 spiro atoms. The molecule has 1 aromatic carbocycles. The zero-order valence-electron chi connectivity index (χ0n) is 14.7. The van der Waals surface area contributed by atoms with E-state index in [9.17, 15) is 4.79 Å². The van der Waals surface area contributed by atoms with E-state index in [0.29, 0.717) is 24.3 Å². The van der Waals surface area contributed by atoms with E-state index in [1.165, 1.54) is 28.5 Å². The van der Waals surface area contributed by atoms with Crippen molar-refractivity contribution in [2.24, 2.45) is 5.92 Å². The predicted octanol–water partition coefficient (Wildman–Crippen LogP) is 2.96. The third-order valence-corrected chi connectivity index (χ3v) is 6.41. The summed E-state index contributed by atoms with van der Waals surface area (Å²) in [6.07, 6.45) is 7.94. The zero-order chi connectivity index (χ0) is 17.0. The fraction of sp³-hybridized carbons (Fsp3) is 0.476. The SMILES string of the molecule is CN1C[C@H](CNC2=CC(=O)CC2)CC2c3cccc4[nH]cc(c34)C[C@H]21. The van der Waals surface area contributed by atoms with Gasteiger partial charge in [-0.3, -0.25) is 4.79 Å². The number of rotatable bonds is 3. The summed E-state index contributed by atoms with van der Waals surface area (Å²) in [5.41, 5.74) is 5.42. The van der Waals surface area contributed by atoms with Crippen LogP contribution < -0.4 is 5.32 Å². The van der Waals surface area contributed by atoms with Gasteiger partial charge in [0.05, 0.1) is 0 Å². The second-order valence-corrected chi connectivity index (χ2v) is 8.02. The Morgan fingerprint density at radius 2 is 2.24 bits per heavy atom. The number of carbonyl (C=O) groups is 1. The van der Waals surface area contributed by atoms with E-state index in [2.05, 4.69) is 46.6 Å². The lowest BCUT2D eigenvalue weighted by Crippen LogP contribution is -2.49. The fourth-order valence-electron chi connectivity index (χ4n) is 5.21. The number of hydrogen-bond donors (Lipinski definition) is 2. The van der Waals surface area contributed by atoms with Crippen molar-refractivity contribution in [3.8, 4) is 0 Å². The van der Waals surface area contributed by atoms with Crippen molar-refractivity contribution < 1.29 is 4.79 Å².